The highest BCUT2D eigenvalue weighted by molar-refractivity contribution is 5.98. The number of amides is 10. The molecule has 1 aliphatic rings. The fourth-order valence-corrected chi connectivity index (χ4v) is 7.39. The number of rotatable bonds is 15. The molecule has 6 atom stereocenters. The third-order valence-electron chi connectivity index (χ3n) is 11.0. The summed E-state index contributed by atoms with van der Waals surface area (Å²) in [6.07, 6.45) is 0.248. The van der Waals surface area contributed by atoms with Gasteiger partial charge < -0.3 is 70.5 Å². The molecule has 2 aromatic carbocycles. The number of nitrogens with zero attached hydrogens (tertiary/aromatic N) is 1. The Balaban J connectivity index is 1.77. The minimum Gasteiger partial charge on any atom is -0.370 e. The number of guanidine groups is 1. The van der Waals surface area contributed by atoms with Crippen LogP contribution in [0.1, 0.15) is 69.4 Å². The summed E-state index contributed by atoms with van der Waals surface area (Å²) in [5.74, 6) is -8.14. The average molecular weight is 959 g/mol. The highest BCUT2D eigenvalue weighted by Crippen LogP contribution is 2.20. The lowest BCUT2D eigenvalue weighted by atomic mass is 10.0. The zero-order chi connectivity index (χ0) is 50.5. The summed E-state index contributed by atoms with van der Waals surface area (Å²) in [5, 5.41) is 21.4. The van der Waals surface area contributed by atoms with Gasteiger partial charge in [-0.05, 0) is 55.7 Å². The Hall–Kier alpha value is -8.05. The predicted octanol–water partition coefficient (Wildman–Crippen LogP) is -3.51. The number of para-hydroxylation sites is 1. The summed E-state index contributed by atoms with van der Waals surface area (Å²) in [5.41, 5.74) is 24.2. The second kappa shape index (κ2) is 26.9. The third-order valence-corrected chi connectivity index (χ3v) is 11.0. The molecule has 4 rings (SSSR count). The van der Waals surface area contributed by atoms with Crippen LogP contribution in [0.4, 0.5) is 0 Å². The van der Waals surface area contributed by atoms with Crippen molar-refractivity contribution in [1.82, 2.24) is 47.5 Å². The molecule has 3 unspecified atom stereocenters. The maximum atomic E-state index is 14.5. The molecule has 1 aromatic heterocycles. The van der Waals surface area contributed by atoms with Gasteiger partial charge in [-0.2, -0.15) is 0 Å². The number of aromatic nitrogens is 1. The van der Waals surface area contributed by atoms with Crippen molar-refractivity contribution in [1.29, 1.82) is 0 Å². The number of nitrogens with two attached hydrogens (primary N) is 4. The number of fused-ring (bicyclic) bond motifs is 1. The average Bonchev–Trinajstić information content (AvgIpc) is 3.71. The minimum atomic E-state index is -1.52. The Morgan fingerprint density at radius 3 is 1.99 bits per heavy atom. The summed E-state index contributed by atoms with van der Waals surface area (Å²) >= 11 is 0. The molecular formula is C45H62N14O10. The molecule has 24 heteroatoms. The zero-order valence-corrected chi connectivity index (χ0v) is 38.3. The number of hydrogen-bond donors (Lipinski definition) is 13. The first-order valence-electron chi connectivity index (χ1n) is 22.4. The Morgan fingerprint density at radius 1 is 0.710 bits per heavy atom. The van der Waals surface area contributed by atoms with Gasteiger partial charge in [-0.25, -0.2) is 0 Å². The molecule has 10 amide bonds. The Bertz CT molecular complexity index is 2350. The van der Waals surface area contributed by atoms with Crippen LogP contribution in [0.5, 0.6) is 0 Å². The van der Waals surface area contributed by atoms with Crippen LogP contribution in [0.2, 0.25) is 0 Å². The third kappa shape index (κ3) is 18.3. The zero-order valence-electron chi connectivity index (χ0n) is 38.3. The van der Waals surface area contributed by atoms with Crippen LogP contribution in [-0.4, -0.2) is 126 Å². The fraction of sp³-hybridized carbons (Fsp3) is 0.444. The number of primary amides is 2. The molecule has 0 radical (unpaired) electrons. The van der Waals surface area contributed by atoms with E-state index < -0.39 is 108 Å². The molecule has 1 saturated heterocycles. The SMILES string of the molecule is CC(=O)NCC(=O)NC1CCCC(=O)NCCC(C(N)=O)NC(=O)[C@H](Cc2c[nH]c3ccccc23)NC(=O)[C@H](CCCN=C(N)N)NC(=O)C(Cc2ccccc2)NC(=O)[C@H](CCC(N)=O)NC1=O. The number of aliphatic imine (C=N–C) groups is 1. The van der Waals surface area contributed by atoms with Gasteiger partial charge >= 0.3 is 0 Å². The van der Waals surface area contributed by atoms with Crippen LogP contribution in [0, 0.1) is 0 Å². The molecule has 1 fully saturated rings. The number of hydrogen-bond acceptors (Lipinski definition) is 11. The van der Waals surface area contributed by atoms with Gasteiger partial charge in [0.05, 0.1) is 6.54 Å². The Labute approximate surface area is 397 Å². The highest BCUT2D eigenvalue weighted by atomic mass is 16.2. The number of nitrogens with one attached hydrogen (secondary N) is 9. The number of carbonyl (C=O) groups excluding carboxylic acids is 10. The molecule has 3 aromatic rings. The highest BCUT2D eigenvalue weighted by Gasteiger charge is 2.34. The maximum Gasteiger partial charge on any atom is 0.243 e. The molecule has 372 valence electrons. The number of aromatic amines is 1. The number of carbonyl (C=O) groups is 10. The predicted molar refractivity (Wildman–Crippen MR) is 251 cm³/mol. The van der Waals surface area contributed by atoms with Gasteiger partial charge in [-0.3, -0.25) is 52.9 Å². The lowest BCUT2D eigenvalue weighted by Gasteiger charge is -2.27. The van der Waals surface area contributed by atoms with Gasteiger partial charge in [0, 0.05) is 62.8 Å². The van der Waals surface area contributed by atoms with Gasteiger partial charge in [-0.15, -0.1) is 0 Å². The molecule has 0 aliphatic carbocycles. The lowest BCUT2D eigenvalue weighted by molar-refractivity contribution is -0.135. The van der Waals surface area contributed by atoms with E-state index in [9.17, 15) is 47.9 Å². The molecule has 24 nitrogen and oxygen atoms in total. The Kier molecular flexibility index (Phi) is 20.9. The van der Waals surface area contributed by atoms with Crippen molar-refractivity contribution in [3.05, 3.63) is 71.9 Å². The largest absolute Gasteiger partial charge is 0.370 e. The van der Waals surface area contributed by atoms with E-state index in [1.165, 1.54) is 6.92 Å². The number of benzene rings is 2. The van der Waals surface area contributed by atoms with E-state index >= 15 is 0 Å². The van der Waals surface area contributed by atoms with Crippen molar-refractivity contribution in [3.8, 4) is 0 Å². The first-order chi connectivity index (χ1) is 32.9. The van der Waals surface area contributed by atoms with Crippen molar-refractivity contribution < 1.29 is 47.9 Å². The Morgan fingerprint density at radius 2 is 1.32 bits per heavy atom. The van der Waals surface area contributed by atoms with Crippen LogP contribution in [-0.2, 0) is 60.8 Å². The van der Waals surface area contributed by atoms with Crippen molar-refractivity contribution >= 4 is 75.9 Å². The first kappa shape index (κ1) is 53.6. The van der Waals surface area contributed by atoms with Crippen LogP contribution in [0.15, 0.2) is 65.8 Å². The quantitative estimate of drug-likeness (QED) is 0.0401. The van der Waals surface area contributed by atoms with Gasteiger partial charge in [0.1, 0.15) is 36.3 Å². The standard InChI is InChI=1S/C45H62N14O10/c1-25(60)52-24-38(63)54-31-13-7-15-37(62)50-20-18-30(39(47)64)55-44(69)35(22-27-23-53-29-12-6-5-11-28(27)29)59-41(66)32(14-8-19-51-45(48)49)56-43(68)34(21-26-9-3-2-4-10-26)58-42(67)33(57-40(31)65)16-17-36(46)61/h2-6,9-12,23,30-35,53H,7-8,13-22,24H2,1H3,(H2,46,61)(H2,47,64)(H,50,62)(H,52,60)(H,54,63)(H,55,69)(H,56,68)(H,57,65)(H,58,67)(H,59,66)(H4,48,49,51)/t30?,31?,32-,33-,34?,35-/m0/s1. The van der Waals surface area contributed by atoms with Crippen LogP contribution < -0.4 is 65.5 Å². The molecule has 2 heterocycles. The first-order valence-corrected chi connectivity index (χ1v) is 22.4. The smallest absolute Gasteiger partial charge is 0.243 e. The van der Waals surface area contributed by atoms with E-state index in [1.807, 2.05) is 18.2 Å². The normalized spacial score (nSPS) is 21.5. The van der Waals surface area contributed by atoms with Crippen molar-refractivity contribution in [2.45, 2.75) is 107 Å². The van der Waals surface area contributed by atoms with Gasteiger partial charge in [0.2, 0.25) is 59.1 Å². The fourth-order valence-electron chi connectivity index (χ4n) is 7.39. The van der Waals surface area contributed by atoms with E-state index in [-0.39, 0.29) is 76.8 Å². The summed E-state index contributed by atoms with van der Waals surface area (Å²) < 4.78 is 0. The topological polar surface area (TPSA) is 399 Å². The van der Waals surface area contributed by atoms with Crippen LogP contribution in [0.3, 0.4) is 0 Å². The van der Waals surface area contributed by atoms with Gasteiger partial charge in [0.15, 0.2) is 5.96 Å². The van der Waals surface area contributed by atoms with Gasteiger partial charge in [-0.1, -0.05) is 48.5 Å². The van der Waals surface area contributed by atoms with E-state index in [0.29, 0.717) is 11.1 Å². The van der Waals surface area contributed by atoms with E-state index in [2.05, 4.69) is 52.5 Å². The minimum absolute atomic E-state index is 0.000128. The second-order valence-corrected chi connectivity index (χ2v) is 16.5. The van der Waals surface area contributed by atoms with E-state index in [1.54, 1.807) is 42.6 Å². The van der Waals surface area contributed by atoms with Crippen molar-refractivity contribution in [2.75, 3.05) is 19.6 Å². The molecule has 17 N–H and O–H groups in total. The molecule has 0 bridgehead atoms. The summed E-state index contributed by atoms with van der Waals surface area (Å²) in [6, 6.07) is 7.36. The van der Waals surface area contributed by atoms with Crippen molar-refractivity contribution in [2.24, 2.45) is 27.9 Å². The monoisotopic (exact) mass is 958 g/mol. The molecule has 69 heavy (non-hydrogen) atoms. The van der Waals surface area contributed by atoms with Gasteiger partial charge in [0.25, 0.3) is 0 Å². The summed E-state index contributed by atoms with van der Waals surface area (Å²) in [4.78, 5) is 140. The van der Waals surface area contributed by atoms with E-state index in [4.69, 9.17) is 22.9 Å². The summed E-state index contributed by atoms with van der Waals surface area (Å²) in [6.45, 7) is 0.576. The lowest BCUT2D eigenvalue weighted by Crippen LogP contribution is -2.60. The molecule has 1 aliphatic heterocycles. The van der Waals surface area contributed by atoms with Crippen molar-refractivity contribution in [3.63, 3.8) is 0 Å². The van der Waals surface area contributed by atoms with E-state index in [0.717, 1.165) is 10.9 Å². The summed E-state index contributed by atoms with van der Waals surface area (Å²) in [7, 11) is 0. The maximum absolute atomic E-state index is 14.5. The molecule has 0 saturated carbocycles. The van der Waals surface area contributed by atoms with Crippen LogP contribution in [0.25, 0.3) is 10.9 Å². The molecular weight excluding hydrogens is 897 g/mol. The number of H-pyrrole nitrogens is 1. The second-order valence-electron chi connectivity index (χ2n) is 16.5. The van der Waals surface area contributed by atoms with Crippen LogP contribution >= 0.6 is 0 Å². The molecule has 0 spiro atoms.